The lowest BCUT2D eigenvalue weighted by atomic mass is 9.90. The van der Waals surface area contributed by atoms with Crippen molar-refractivity contribution in [2.45, 2.75) is 18.5 Å². The van der Waals surface area contributed by atoms with Crippen molar-refractivity contribution in [3.8, 4) is 0 Å². The van der Waals surface area contributed by atoms with Crippen molar-refractivity contribution >= 4 is 28.9 Å². The Morgan fingerprint density at radius 2 is 1.63 bits per heavy atom. The summed E-state index contributed by atoms with van der Waals surface area (Å²) in [5, 5.41) is 12.5. The molecule has 2 atom stereocenters. The molecule has 0 spiro atoms. The van der Waals surface area contributed by atoms with Crippen LogP contribution in [0.25, 0.3) is 5.57 Å². The Kier molecular flexibility index (Phi) is 6.88. The summed E-state index contributed by atoms with van der Waals surface area (Å²) in [4.78, 5) is 25.0. The average Bonchev–Trinajstić information content (AvgIpc) is 3.37. The third kappa shape index (κ3) is 5.25. The number of carbonyl (C=O) groups excluding carboxylic acids is 2. The van der Waals surface area contributed by atoms with Crippen LogP contribution in [0.4, 0.5) is 5.69 Å². The van der Waals surface area contributed by atoms with Gasteiger partial charge in [-0.2, -0.15) is 0 Å². The number of hydrogen-bond donors (Lipinski definition) is 5. The fourth-order valence-corrected chi connectivity index (χ4v) is 4.61. The first-order valence-electron chi connectivity index (χ1n) is 12.2. The van der Waals surface area contributed by atoms with Gasteiger partial charge in [-0.25, -0.2) is 5.43 Å². The number of rotatable bonds is 8. The van der Waals surface area contributed by atoms with Crippen LogP contribution in [0.1, 0.15) is 27.0 Å². The number of allylic oxidation sites excluding steroid dienone is 2. The van der Waals surface area contributed by atoms with Gasteiger partial charge in [0.1, 0.15) is 11.9 Å². The van der Waals surface area contributed by atoms with Crippen molar-refractivity contribution in [2.75, 3.05) is 5.32 Å². The topological polar surface area (TPSA) is 137 Å². The number of amides is 2. The molecule has 1 aliphatic carbocycles. The molecule has 0 saturated carbocycles. The molecule has 38 heavy (non-hydrogen) atoms. The van der Waals surface area contributed by atoms with Crippen LogP contribution in [0.2, 0.25) is 0 Å². The normalized spacial score (nSPS) is 16.7. The number of fused-ring (bicyclic) bond motifs is 1. The number of nitrogens with zero attached hydrogens (tertiary/aromatic N) is 1. The molecule has 2 amide bonds. The molecule has 0 saturated heterocycles. The Balaban J connectivity index is 1.42. The molecular formula is C30H28N6O2. The van der Waals surface area contributed by atoms with Gasteiger partial charge in [-0.15, -0.1) is 0 Å². The van der Waals surface area contributed by atoms with E-state index in [2.05, 4.69) is 16.8 Å². The predicted octanol–water partition coefficient (Wildman–Crippen LogP) is 3.35. The molecule has 1 heterocycles. The third-order valence-electron chi connectivity index (χ3n) is 6.63. The van der Waals surface area contributed by atoms with Crippen molar-refractivity contribution in [3.05, 3.63) is 131 Å². The van der Waals surface area contributed by atoms with E-state index in [1.165, 1.54) is 0 Å². The molecule has 190 valence electrons. The number of hydrazine groups is 1. The van der Waals surface area contributed by atoms with Gasteiger partial charge in [0.15, 0.2) is 0 Å². The minimum atomic E-state index is -0.555. The maximum Gasteiger partial charge on any atom is 0.249 e. The molecule has 2 aliphatic rings. The van der Waals surface area contributed by atoms with E-state index in [9.17, 15) is 9.59 Å². The van der Waals surface area contributed by atoms with Crippen molar-refractivity contribution in [1.29, 1.82) is 5.41 Å². The van der Waals surface area contributed by atoms with E-state index in [0.717, 1.165) is 22.3 Å². The monoisotopic (exact) mass is 504 g/mol. The van der Waals surface area contributed by atoms with Crippen LogP contribution in [-0.4, -0.2) is 34.7 Å². The van der Waals surface area contributed by atoms with Gasteiger partial charge in [-0.1, -0.05) is 72.8 Å². The van der Waals surface area contributed by atoms with E-state index in [1.54, 1.807) is 24.3 Å². The van der Waals surface area contributed by atoms with Crippen LogP contribution in [0.3, 0.4) is 0 Å². The number of anilines is 1. The number of benzene rings is 3. The Morgan fingerprint density at radius 3 is 2.29 bits per heavy atom. The summed E-state index contributed by atoms with van der Waals surface area (Å²) in [6.45, 7) is 0. The van der Waals surface area contributed by atoms with Crippen molar-refractivity contribution in [2.24, 2.45) is 11.5 Å². The van der Waals surface area contributed by atoms with Crippen molar-refractivity contribution in [1.82, 2.24) is 10.4 Å². The fraction of sp³-hybridized carbons (Fsp3) is 0.100. The fourth-order valence-electron chi connectivity index (χ4n) is 4.61. The van der Waals surface area contributed by atoms with E-state index >= 15 is 0 Å². The number of primary amides is 1. The van der Waals surface area contributed by atoms with Gasteiger partial charge in [0, 0.05) is 29.4 Å². The summed E-state index contributed by atoms with van der Waals surface area (Å²) >= 11 is 0. The van der Waals surface area contributed by atoms with E-state index in [-0.39, 0.29) is 17.8 Å². The summed E-state index contributed by atoms with van der Waals surface area (Å²) in [5.41, 5.74) is 20.1. The highest BCUT2D eigenvalue weighted by Crippen LogP contribution is 2.34. The lowest BCUT2D eigenvalue weighted by molar-refractivity contribution is -0.121. The SMILES string of the molecule is N=C(N)c1ccc(C2=CC=CC3NN(C(Cc4ccccc4)C(=O)Nc4ccc(C(N)=O)cc4)C=C23)cc1. The molecule has 3 aromatic carbocycles. The summed E-state index contributed by atoms with van der Waals surface area (Å²) in [5.74, 6) is -0.684. The number of nitrogens with two attached hydrogens (primary N) is 2. The zero-order valence-electron chi connectivity index (χ0n) is 20.6. The molecule has 3 aromatic rings. The zero-order chi connectivity index (χ0) is 26.6. The molecule has 8 nitrogen and oxygen atoms in total. The molecular weight excluding hydrogens is 476 g/mol. The summed E-state index contributed by atoms with van der Waals surface area (Å²) < 4.78 is 0. The standard InChI is InChI=1S/C30H28N6O2/c31-28(32)21-11-9-20(10-12-21)24-7-4-8-26-25(24)18-36(35-26)27(17-19-5-2-1-3-6-19)30(38)34-23-15-13-22(14-16-23)29(33)37/h1-16,18,26-27,35H,17H2,(H3,31,32)(H2,33,37)(H,34,38). The van der Waals surface area contributed by atoms with Crippen LogP contribution in [-0.2, 0) is 11.2 Å². The number of nitrogen functional groups attached to an aromatic ring is 1. The Hall–Kier alpha value is -4.95. The molecule has 1 aliphatic heterocycles. The summed E-state index contributed by atoms with van der Waals surface area (Å²) in [7, 11) is 0. The second-order valence-electron chi connectivity index (χ2n) is 9.19. The van der Waals surface area contributed by atoms with Crippen LogP contribution >= 0.6 is 0 Å². The molecule has 0 bridgehead atoms. The Morgan fingerprint density at radius 1 is 0.947 bits per heavy atom. The van der Waals surface area contributed by atoms with Crippen LogP contribution in [0.5, 0.6) is 0 Å². The zero-order valence-corrected chi connectivity index (χ0v) is 20.6. The molecule has 5 rings (SSSR count). The average molecular weight is 505 g/mol. The number of carbonyl (C=O) groups is 2. The second kappa shape index (κ2) is 10.6. The predicted molar refractivity (Wildman–Crippen MR) is 149 cm³/mol. The molecule has 0 aromatic heterocycles. The lowest BCUT2D eigenvalue weighted by Crippen LogP contribution is -2.49. The van der Waals surface area contributed by atoms with Crippen LogP contribution in [0.15, 0.2) is 109 Å². The molecule has 2 unspecified atom stereocenters. The van der Waals surface area contributed by atoms with Crippen molar-refractivity contribution < 1.29 is 9.59 Å². The van der Waals surface area contributed by atoms with Gasteiger partial charge in [-0.3, -0.25) is 15.0 Å². The second-order valence-corrected chi connectivity index (χ2v) is 9.19. The molecule has 7 N–H and O–H groups in total. The maximum absolute atomic E-state index is 13.6. The molecule has 8 heteroatoms. The molecule has 0 fully saturated rings. The van der Waals surface area contributed by atoms with Crippen molar-refractivity contribution in [3.63, 3.8) is 0 Å². The van der Waals surface area contributed by atoms with Crippen LogP contribution in [0, 0.1) is 5.41 Å². The van der Waals surface area contributed by atoms with Gasteiger partial charge in [0.2, 0.25) is 11.8 Å². The Labute approximate surface area is 220 Å². The summed E-state index contributed by atoms with van der Waals surface area (Å²) in [6.07, 6.45) is 8.56. The van der Waals surface area contributed by atoms with Gasteiger partial charge >= 0.3 is 0 Å². The van der Waals surface area contributed by atoms with E-state index in [0.29, 0.717) is 23.2 Å². The quantitative estimate of drug-likeness (QED) is 0.237. The van der Waals surface area contributed by atoms with E-state index < -0.39 is 11.9 Å². The Bertz CT molecular complexity index is 1460. The van der Waals surface area contributed by atoms with E-state index in [1.807, 2.05) is 78.0 Å². The minimum Gasteiger partial charge on any atom is -0.384 e. The number of nitrogens with one attached hydrogen (secondary N) is 3. The molecule has 0 radical (unpaired) electrons. The van der Waals surface area contributed by atoms with Gasteiger partial charge in [0.05, 0.1) is 6.04 Å². The lowest BCUT2D eigenvalue weighted by Gasteiger charge is -2.28. The maximum atomic E-state index is 13.6. The first-order chi connectivity index (χ1) is 18.4. The van der Waals surface area contributed by atoms with Gasteiger partial charge in [-0.05, 0) is 46.5 Å². The smallest absolute Gasteiger partial charge is 0.249 e. The largest absolute Gasteiger partial charge is 0.384 e. The first kappa shape index (κ1) is 24.7. The van der Waals surface area contributed by atoms with Gasteiger partial charge < -0.3 is 21.8 Å². The van der Waals surface area contributed by atoms with Gasteiger partial charge in [0.25, 0.3) is 0 Å². The highest BCUT2D eigenvalue weighted by Gasteiger charge is 2.34. The number of hydrogen-bond acceptors (Lipinski definition) is 5. The number of amidine groups is 1. The third-order valence-corrected chi connectivity index (χ3v) is 6.63. The highest BCUT2D eigenvalue weighted by atomic mass is 16.2. The first-order valence-corrected chi connectivity index (χ1v) is 12.2. The van der Waals surface area contributed by atoms with Crippen LogP contribution < -0.4 is 22.2 Å². The highest BCUT2D eigenvalue weighted by molar-refractivity contribution is 5.97. The minimum absolute atomic E-state index is 0.0268. The summed E-state index contributed by atoms with van der Waals surface area (Å²) in [6, 6.07) is 23.3. The van der Waals surface area contributed by atoms with E-state index in [4.69, 9.17) is 16.9 Å².